The summed E-state index contributed by atoms with van der Waals surface area (Å²) in [7, 11) is 2.10. The summed E-state index contributed by atoms with van der Waals surface area (Å²) in [6.07, 6.45) is 2.28. The van der Waals surface area contributed by atoms with Crippen molar-refractivity contribution in [2.24, 2.45) is 0 Å². The van der Waals surface area contributed by atoms with Gasteiger partial charge in [-0.25, -0.2) is 4.39 Å². The van der Waals surface area contributed by atoms with E-state index in [4.69, 9.17) is 5.73 Å². The van der Waals surface area contributed by atoms with Gasteiger partial charge in [0, 0.05) is 12.6 Å². The van der Waals surface area contributed by atoms with Crippen LogP contribution in [0.25, 0.3) is 0 Å². The standard InChI is InChI=1S/C12H18FN3/c1-16-7-3-4-9(8-16)15-11-6-2-5-10(13)12(11)14/h2,5-6,9,15H,3-4,7-8,14H2,1H3. The number of halogens is 1. The first-order chi connectivity index (χ1) is 7.66. The van der Waals surface area contributed by atoms with E-state index < -0.39 is 0 Å². The number of likely N-dealkylation sites (tertiary alicyclic amines) is 1. The number of nitrogens with two attached hydrogens (primary N) is 1. The Kier molecular flexibility index (Phi) is 3.29. The Labute approximate surface area is 95.4 Å². The molecule has 0 saturated carbocycles. The molecule has 3 N–H and O–H groups in total. The van der Waals surface area contributed by atoms with Gasteiger partial charge in [0.2, 0.25) is 0 Å². The van der Waals surface area contributed by atoms with Crippen LogP contribution in [0.1, 0.15) is 12.8 Å². The number of anilines is 2. The molecule has 16 heavy (non-hydrogen) atoms. The van der Waals surface area contributed by atoms with Crippen molar-refractivity contribution in [3.05, 3.63) is 24.0 Å². The maximum Gasteiger partial charge on any atom is 0.148 e. The minimum absolute atomic E-state index is 0.218. The lowest BCUT2D eigenvalue weighted by Crippen LogP contribution is -2.39. The quantitative estimate of drug-likeness (QED) is 0.753. The molecule has 1 atom stereocenters. The van der Waals surface area contributed by atoms with Gasteiger partial charge in [-0.05, 0) is 38.6 Å². The van der Waals surface area contributed by atoms with E-state index >= 15 is 0 Å². The van der Waals surface area contributed by atoms with E-state index in [9.17, 15) is 4.39 Å². The van der Waals surface area contributed by atoms with Crippen LogP contribution in [-0.4, -0.2) is 31.1 Å². The molecule has 0 radical (unpaired) electrons. The second kappa shape index (κ2) is 4.70. The Balaban J connectivity index is 2.05. The number of para-hydroxylation sites is 1. The molecule has 0 spiro atoms. The lowest BCUT2D eigenvalue weighted by molar-refractivity contribution is 0.261. The number of rotatable bonds is 2. The number of hydrogen-bond donors (Lipinski definition) is 2. The van der Waals surface area contributed by atoms with Crippen LogP contribution in [0, 0.1) is 5.82 Å². The summed E-state index contributed by atoms with van der Waals surface area (Å²) in [6.45, 7) is 2.12. The van der Waals surface area contributed by atoms with Gasteiger partial charge in [-0.2, -0.15) is 0 Å². The summed E-state index contributed by atoms with van der Waals surface area (Å²) in [5.41, 5.74) is 6.61. The molecule has 1 unspecified atom stereocenters. The fourth-order valence-corrected chi connectivity index (χ4v) is 2.17. The van der Waals surface area contributed by atoms with Crippen molar-refractivity contribution >= 4 is 11.4 Å². The minimum Gasteiger partial charge on any atom is -0.395 e. The Hall–Kier alpha value is -1.29. The Morgan fingerprint density at radius 3 is 3.06 bits per heavy atom. The summed E-state index contributed by atoms with van der Waals surface area (Å²) >= 11 is 0. The zero-order valence-corrected chi connectivity index (χ0v) is 9.54. The number of nitrogens with zero attached hydrogens (tertiary/aromatic N) is 1. The lowest BCUT2D eigenvalue weighted by atomic mass is 10.1. The molecule has 1 saturated heterocycles. The van der Waals surface area contributed by atoms with Crippen molar-refractivity contribution in [2.45, 2.75) is 18.9 Å². The highest BCUT2D eigenvalue weighted by Crippen LogP contribution is 2.23. The first kappa shape index (κ1) is 11.2. The van der Waals surface area contributed by atoms with Gasteiger partial charge in [0.15, 0.2) is 0 Å². The van der Waals surface area contributed by atoms with Crippen LogP contribution in [0.2, 0.25) is 0 Å². The lowest BCUT2D eigenvalue weighted by Gasteiger charge is -2.31. The normalized spacial score (nSPS) is 22.0. The summed E-state index contributed by atoms with van der Waals surface area (Å²) in [5, 5.41) is 3.31. The maximum absolute atomic E-state index is 13.2. The van der Waals surface area contributed by atoms with Gasteiger partial charge in [0.1, 0.15) is 5.82 Å². The molecular formula is C12H18FN3. The van der Waals surface area contributed by atoms with Crippen LogP contribution in [0.5, 0.6) is 0 Å². The number of piperidine rings is 1. The molecule has 4 heteroatoms. The smallest absolute Gasteiger partial charge is 0.148 e. The van der Waals surface area contributed by atoms with Gasteiger partial charge in [0.05, 0.1) is 11.4 Å². The molecule has 3 nitrogen and oxygen atoms in total. The van der Waals surface area contributed by atoms with Crippen LogP contribution in [-0.2, 0) is 0 Å². The maximum atomic E-state index is 13.2. The summed E-state index contributed by atoms with van der Waals surface area (Å²) in [5.74, 6) is -0.353. The number of nitrogen functional groups attached to an aromatic ring is 1. The third-order valence-electron chi connectivity index (χ3n) is 3.04. The first-order valence-corrected chi connectivity index (χ1v) is 5.66. The van der Waals surface area contributed by atoms with Crippen molar-refractivity contribution in [3.63, 3.8) is 0 Å². The van der Waals surface area contributed by atoms with Gasteiger partial charge in [-0.15, -0.1) is 0 Å². The predicted molar refractivity (Wildman–Crippen MR) is 65.0 cm³/mol. The first-order valence-electron chi connectivity index (χ1n) is 5.66. The Morgan fingerprint density at radius 1 is 1.50 bits per heavy atom. The summed E-state index contributed by atoms with van der Waals surface area (Å²) < 4.78 is 13.2. The molecule has 1 heterocycles. The molecule has 1 aromatic rings. The van der Waals surface area contributed by atoms with Crippen molar-refractivity contribution < 1.29 is 4.39 Å². The third-order valence-corrected chi connectivity index (χ3v) is 3.04. The number of nitrogens with one attached hydrogen (secondary N) is 1. The van der Waals surface area contributed by atoms with E-state index in [1.807, 2.05) is 6.07 Å². The van der Waals surface area contributed by atoms with Gasteiger partial charge in [0.25, 0.3) is 0 Å². The van der Waals surface area contributed by atoms with E-state index in [2.05, 4.69) is 17.3 Å². The molecular weight excluding hydrogens is 205 g/mol. The summed E-state index contributed by atoms with van der Waals surface area (Å²) in [6, 6.07) is 5.25. The zero-order chi connectivity index (χ0) is 11.5. The molecule has 0 bridgehead atoms. The van der Waals surface area contributed by atoms with Crippen molar-refractivity contribution in [1.29, 1.82) is 0 Å². The van der Waals surface area contributed by atoms with Crippen LogP contribution in [0.3, 0.4) is 0 Å². The van der Waals surface area contributed by atoms with E-state index in [1.165, 1.54) is 12.5 Å². The molecule has 2 rings (SSSR count). The molecule has 88 valence electrons. The van der Waals surface area contributed by atoms with E-state index in [0.29, 0.717) is 11.7 Å². The summed E-state index contributed by atoms with van der Waals surface area (Å²) in [4.78, 5) is 2.27. The minimum atomic E-state index is -0.353. The van der Waals surface area contributed by atoms with Crippen molar-refractivity contribution in [1.82, 2.24) is 4.90 Å². The van der Waals surface area contributed by atoms with Gasteiger partial charge in [-0.1, -0.05) is 6.07 Å². The van der Waals surface area contributed by atoms with Crippen molar-refractivity contribution in [2.75, 3.05) is 31.2 Å². The average Bonchev–Trinajstić information content (AvgIpc) is 2.25. The molecule has 0 aliphatic carbocycles. The monoisotopic (exact) mass is 223 g/mol. The highest BCUT2D eigenvalue weighted by molar-refractivity contribution is 5.66. The van der Waals surface area contributed by atoms with Crippen LogP contribution < -0.4 is 11.1 Å². The second-order valence-corrected chi connectivity index (χ2v) is 4.45. The van der Waals surface area contributed by atoms with Crippen molar-refractivity contribution in [3.8, 4) is 0 Å². The molecule has 1 aromatic carbocycles. The average molecular weight is 223 g/mol. The molecule has 1 aliphatic heterocycles. The number of likely N-dealkylation sites (N-methyl/N-ethyl adjacent to an activating group) is 1. The fourth-order valence-electron chi connectivity index (χ4n) is 2.17. The SMILES string of the molecule is CN1CCCC(Nc2cccc(F)c2N)C1. The second-order valence-electron chi connectivity index (χ2n) is 4.45. The van der Waals surface area contributed by atoms with Gasteiger partial charge >= 0.3 is 0 Å². The van der Waals surface area contributed by atoms with E-state index in [-0.39, 0.29) is 11.5 Å². The third kappa shape index (κ3) is 2.44. The topological polar surface area (TPSA) is 41.3 Å². The Bertz CT molecular complexity index is 367. The zero-order valence-electron chi connectivity index (χ0n) is 9.54. The molecule has 1 fully saturated rings. The Morgan fingerprint density at radius 2 is 2.31 bits per heavy atom. The van der Waals surface area contributed by atoms with Crippen LogP contribution >= 0.6 is 0 Å². The predicted octanol–water partition coefficient (Wildman–Crippen LogP) is 1.91. The molecule has 0 amide bonds. The van der Waals surface area contributed by atoms with E-state index in [0.717, 1.165) is 19.5 Å². The van der Waals surface area contributed by atoms with Crippen LogP contribution in [0.4, 0.5) is 15.8 Å². The fraction of sp³-hybridized carbons (Fsp3) is 0.500. The number of benzene rings is 1. The van der Waals surface area contributed by atoms with Crippen LogP contribution in [0.15, 0.2) is 18.2 Å². The van der Waals surface area contributed by atoms with Gasteiger partial charge < -0.3 is 16.0 Å². The highest BCUT2D eigenvalue weighted by atomic mass is 19.1. The highest BCUT2D eigenvalue weighted by Gasteiger charge is 2.17. The molecule has 0 aromatic heterocycles. The molecule has 1 aliphatic rings. The van der Waals surface area contributed by atoms with E-state index in [1.54, 1.807) is 6.07 Å². The largest absolute Gasteiger partial charge is 0.395 e. The number of hydrogen-bond acceptors (Lipinski definition) is 3. The van der Waals surface area contributed by atoms with Gasteiger partial charge in [-0.3, -0.25) is 0 Å².